The molecule has 1 aliphatic carbocycles. The van der Waals surface area contributed by atoms with Crippen molar-refractivity contribution >= 4 is 17.5 Å². The number of anilines is 1. The molecule has 4 heteroatoms. The summed E-state index contributed by atoms with van der Waals surface area (Å²) in [4.78, 5) is 25.3. The average molecular weight is 324 g/mol. The molecule has 3 rings (SSSR count). The van der Waals surface area contributed by atoms with Crippen molar-refractivity contribution in [1.29, 1.82) is 0 Å². The third-order valence-corrected chi connectivity index (χ3v) is 4.79. The first kappa shape index (κ1) is 16.5. The van der Waals surface area contributed by atoms with Crippen LogP contribution in [0.3, 0.4) is 0 Å². The van der Waals surface area contributed by atoms with Gasteiger partial charge in [-0.1, -0.05) is 41.5 Å². The number of allylic oxidation sites excluding steroid dienone is 4. The third-order valence-electron chi connectivity index (χ3n) is 4.79. The smallest absolute Gasteiger partial charge is 0.249 e. The standard InChI is InChI=1S/C20H24N2O2/c1-14(2)7-6-8-15-11-12-17-18(13-15)19(23)21-22(20(17)24)16-9-4-3-5-10-16/h3-5,7-10,17-18H,6,11-13H2,1-2H3,(H,21,23)/b15-8-/t17-,18+/m0/s1. The average Bonchev–Trinajstić information content (AvgIpc) is 2.58. The number of hydrogen-bond acceptors (Lipinski definition) is 2. The molecule has 2 aliphatic rings. The maximum absolute atomic E-state index is 12.8. The van der Waals surface area contributed by atoms with Gasteiger partial charge in [-0.15, -0.1) is 0 Å². The molecular formula is C20H24N2O2. The maximum Gasteiger partial charge on any atom is 0.249 e. The number of carbonyl (C=O) groups excluding carboxylic acids is 2. The molecule has 0 bridgehead atoms. The highest BCUT2D eigenvalue weighted by molar-refractivity contribution is 6.04. The van der Waals surface area contributed by atoms with Gasteiger partial charge in [0.25, 0.3) is 0 Å². The number of fused-ring (bicyclic) bond motifs is 1. The van der Waals surface area contributed by atoms with Gasteiger partial charge in [-0.2, -0.15) is 0 Å². The number of carbonyl (C=O) groups is 2. The van der Waals surface area contributed by atoms with E-state index >= 15 is 0 Å². The number of para-hydroxylation sites is 1. The fraction of sp³-hybridized carbons (Fsp3) is 0.400. The van der Waals surface area contributed by atoms with E-state index in [2.05, 4.69) is 31.4 Å². The van der Waals surface area contributed by atoms with Gasteiger partial charge in [0, 0.05) is 0 Å². The third kappa shape index (κ3) is 3.42. The molecule has 1 N–H and O–H groups in total. The number of nitrogens with zero attached hydrogens (tertiary/aromatic N) is 1. The Bertz CT molecular complexity index is 687. The molecule has 126 valence electrons. The molecule has 1 heterocycles. The Balaban J connectivity index is 1.74. The number of hydrazine groups is 1. The zero-order valence-corrected chi connectivity index (χ0v) is 14.3. The van der Waals surface area contributed by atoms with Crippen molar-refractivity contribution in [2.75, 3.05) is 5.01 Å². The van der Waals surface area contributed by atoms with E-state index in [9.17, 15) is 9.59 Å². The number of benzene rings is 1. The van der Waals surface area contributed by atoms with Crippen LogP contribution in [0.4, 0.5) is 5.69 Å². The van der Waals surface area contributed by atoms with Crippen LogP contribution in [0.15, 0.2) is 53.6 Å². The van der Waals surface area contributed by atoms with Crippen molar-refractivity contribution in [1.82, 2.24) is 5.43 Å². The summed E-state index contributed by atoms with van der Waals surface area (Å²) in [5.41, 5.74) is 6.10. The Hall–Kier alpha value is -2.36. The van der Waals surface area contributed by atoms with E-state index in [1.54, 1.807) is 0 Å². The molecule has 2 fully saturated rings. The quantitative estimate of drug-likeness (QED) is 0.861. The van der Waals surface area contributed by atoms with Crippen LogP contribution in [-0.4, -0.2) is 11.8 Å². The van der Waals surface area contributed by atoms with Crippen LogP contribution >= 0.6 is 0 Å². The lowest BCUT2D eigenvalue weighted by molar-refractivity contribution is -0.140. The molecule has 1 aromatic rings. The van der Waals surface area contributed by atoms with Crippen LogP contribution in [0.2, 0.25) is 0 Å². The van der Waals surface area contributed by atoms with E-state index in [4.69, 9.17) is 0 Å². The topological polar surface area (TPSA) is 49.4 Å². The van der Waals surface area contributed by atoms with E-state index < -0.39 is 0 Å². The van der Waals surface area contributed by atoms with Crippen molar-refractivity contribution in [3.8, 4) is 0 Å². The van der Waals surface area contributed by atoms with Crippen molar-refractivity contribution in [3.05, 3.63) is 53.6 Å². The lowest BCUT2D eigenvalue weighted by Gasteiger charge is -2.40. The highest BCUT2D eigenvalue weighted by atomic mass is 16.2. The predicted octanol–water partition coefficient (Wildman–Crippen LogP) is 3.76. The monoisotopic (exact) mass is 324 g/mol. The number of amides is 2. The van der Waals surface area contributed by atoms with Gasteiger partial charge in [-0.3, -0.25) is 15.0 Å². The molecule has 0 aromatic heterocycles. The Morgan fingerprint density at radius 2 is 1.96 bits per heavy atom. The second-order valence-corrected chi connectivity index (χ2v) is 6.82. The van der Waals surface area contributed by atoms with Crippen molar-refractivity contribution < 1.29 is 9.59 Å². The zero-order valence-electron chi connectivity index (χ0n) is 14.3. The van der Waals surface area contributed by atoms with Gasteiger partial charge in [0.2, 0.25) is 11.8 Å². The molecule has 0 radical (unpaired) electrons. The van der Waals surface area contributed by atoms with Gasteiger partial charge in [-0.05, 0) is 51.7 Å². The van der Waals surface area contributed by atoms with Gasteiger partial charge in [0.1, 0.15) is 0 Å². The molecule has 1 saturated heterocycles. The highest BCUT2D eigenvalue weighted by Gasteiger charge is 2.44. The van der Waals surface area contributed by atoms with E-state index in [0.717, 1.165) is 24.9 Å². The van der Waals surface area contributed by atoms with Gasteiger partial charge in [-0.25, -0.2) is 5.01 Å². The largest absolute Gasteiger partial charge is 0.273 e. The fourth-order valence-electron chi connectivity index (χ4n) is 3.47. The Labute approximate surface area is 143 Å². The van der Waals surface area contributed by atoms with Crippen LogP contribution in [0, 0.1) is 11.8 Å². The molecule has 1 saturated carbocycles. The number of hydrogen-bond donors (Lipinski definition) is 1. The Morgan fingerprint density at radius 1 is 1.21 bits per heavy atom. The van der Waals surface area contributed by atoms with Gasteiger partial charge in [0.05, 0.1) is 17.5 Å². The van der Waals surface area contributed by atoms with Crippen molar-refractivity contribution in [2.24, 2.45) is 11.8 Å². The molecule has 1 aromatic carbocycles. The first-order valence-electron chi connectivity index (χ1n) is 8.57. The van der Waals surface area contributed by atoms with E-state index in [1.165, 1.54) is 16.2 Å². The van der Waals surface area contributed by atoms with Crippen LogP contribution < -0.4 is 10.4 Å². The van der Waals surface area contributed by atoms with Gasteiger partial charge >= 0.3 is 0 Å². The zero-order chi connectivity index (χ0) is 17.1. The summed E-state index contributed by atoms with van der Waals surface area (Å²) in [5, 5.41) is 1.42. The molecular weight excluding hydrogens is 300 g/mol. The number of nitrogens with one attached hydrogen (secondary N) is 1. The first-order valence-corrected chi connectivity index (χ1v) is 8.57. The van der Waals surface area contributed by atoms with Gasteiger partial charge < -0.3 is 0 Å². The van der Waals surface area contributed by atoms with E-state index in [0.29, 0.717) is 6.42 Å². The normalized spacial score (nSPS) is 25.2. The summed E-state index contributed by atoms with van der Waals surface area (Å²) in [7, 11) is 0. The minimum Gasteiger partial charge on any atom is -0.273 e. The fourth-order valence-corrected chi connectivity index (χ4v) is 3.47. The predicted molar refractivity (Wildman–Crippen MR) is 95.0 cm³/mol. The summed E-state index contributed by atoms with van der Waals surface area (Å²) in [6, 6.07) is 9.31. The Kier molecular flexibility index (Phi) is 4.84. The summed E-state index contributed by atoms with van der Waals surface area (Å²) in [6.07, 6.45) is 7.65. The van der Waals surface area contributed by atoms with Crippen LogP contribution in [0.5, 0.6) is 0 Å². The summed E-state index contributed by atoms with van der Waals surface area (Å²) in [6.45, 7) is 4.17. The lowest BCUT2D eigenvalue weighted by Crippen LogP contribution is -2.59. The molecule has 2 atom stereocenters. The minimum atomic E-state index is -0.232. The van der Waals surface area contributed by atoms with E-state index in [1.807, 2.05) is 30.3 Å². The molecule has 0 unspecified atom stereocenters. The van der Waals surface area contributed by atoms with Gasteiger partial charge in [0.15, 0.2) is 0 Å². The van der Waals surface area contributed by atoms with Crippen molar-refractivity contribution in [3.63, 3.8) is 0 Å². The molecule has 0 spiro atoms. The summed E-state index contributed by atoms with van der Waals surface area (Å²) >= 11 is 0. The Morgan fingerprint density at radius 3 is 2.67 bits per heavy atom. The second kappa shape index (κ2) is 7.04. The minimum absolute atomic E-state index is 0.00847. The molecule has 2 amide bonds. The van der Waals surface area contributed by atoms with Crippen LogP contribution in [-0.2, 0) is 9.59 Å². The molecule has 4 nitrogen and oxygen atoms in total. The molecule has 1 aliphatic heterocycles. The molecule has 24 heavy (non-hydrogen) atoms. The van der Waals surface area contributed by atoms with E-state index in [-0.39, 0.29) is 23.7 Å². The summed E-state index contributed by atoms with van der Waals surface area (Å²) < 4.78 is 0. The number of rotatable bonds is 3. The second-order valence-electron chi connectivity index (χ2n) is 6.82. The highest BCUT2D eigenvalue weighted by Crippen LogP contribution is 2.38. The SMILES string of the molecule is CC(C)=CC/C=C1/CC[C@@H]2C(=O)N(c3ccccc3)NC(=O)[C@@H]2C1. The van der Waals surface area contributed by atoms with Crippen LogP contribution in [0.25, 0.3) is 0 Å². The first-order chi connectivity index (χ1) is 11.6. The maximum atomic E-state index is 12.8. The lowest BCUT2D eigenvalue weighted by atomic mass is 9.74. The van der Waals surface area contributed by atoms with Crippen LogP contribution in [0.1, 0.15) is 39.5 Å². The van der Waals surface area contributed by atoms with Crippen molar-refractivity contribution in [2.45, 2.75) is 39.5 Å². The summed E-state index contributed by atoms with van der Waals surface area (Å²) in [5.74, 6) is -0.478.